The van der Waals surface area contributed by atoms with Gasteiger partial charge in [0.25, 0.3) is 11.4 Å². The number of hydrogen-bond donors (Lipinski definition) is 0. The maximum absolute atomic E-state index is 14.3. The first kappa shape index (κ1) is 29.8. The Labute approximate surface area is 255 Å². The standard InChI is InChI=1S/C31H28N4O10/c1-6-45-30(40)23-15(4)20-21-24(28(38)32(26(21)36)16-9-7-13(2)18(11-16)34(41)42)31(23,5)25-22(20)27(37)33(29(25)39)17-10-8-14(3)19(12-17)35(43)44/h7-12,20-22,24-25H,6H2,1-5H3/t20?,21-,22-,24+,25+,31?/m0/s1. The number of rotatable bonds is 6. The Kier molecular flexibility index (Phi) is 6.53. The van der Waals surface area contributed by atoms with Crippen molar-refractivity contribution in [3.8, 4) is 0 Å². The van der Waals surface area contributed by atoms with Gasteiger partial charge in [0.1, 0.15) is 0 Å². The molecule has 0 unspecified atom stereocenters. The number of ether oxygens (including phenoxy) is 1. The van der Waals surface area contributed by atoms with Crippen molar-refractivity contribution in [2.45, 2.75) is 34.6 Å². The molecule has 45 heavy (non-hydrogen) atoms. The molecular weight excluding hydrogens is 588 g/mol. The van der Waals surface area contributed by atoms with Crippen LogP contribution < -0.4 is 9.80 Å². The first-order chi connectivity index (χ1) is 21.2. The second kappa shape index (κ2) is 9.87. The average molecular weight is 617 g/mol. The van der Waals surface area contributed by atoms with Crippen molar-refractivity contribution in [2.24, 2.45) is 35.0 Å². The number of carbonyl (C=O) groups is 5. The van der Waals surface area contributed by atoms with Gasteiger partial charge in [-0.3, -0.25) is 39.4 Å². The summed E-state index contributed by atoms with van der Waals surface area (Å²) in [6, 6.07) is 7.91. The van der Waals surface area contributed by atoms with Crippen molar-refractivity contribution < 1.29 is 38.6 Å². The van der Waals surface area contributed by atoms with E-state index in [1.807, 2.05) is 0 Å². The summed E-state index contributed by atoms with van der Waals surface area (Å²) >= 11 is 0. The maximum atomic E-state index is 14.3. The zero-order valence-corrected chi connectivity index (χ0v) is 24.9. The molecule has 1 saturated carbocycles. The van der Waals surface area contributed by atoms with Crippen LogP contribution in [-0.4, -0.2) is 46.1 Å². The molecule has 14 nitrogen and oxygen atoms in total. The molecule has 4 atom stereocenters. The minimum atomic E-state index is -1.70. The Hall–Kier alpha value is -5.27. The molecule has 2 heterocycles. The van der Waals surface area contributed by atoms with Gasteiger partial charge in [0, 0.05) is 40.2 Å². The number of anilines is 2. The first-order valence-electron chi connectivity index (χ1n) is 14.3. The number of carbonyl (C=O) groups excluding carboxylic acids is 5. The molecule has 2 aliphatic heterocycles. The molecule has 5 aliphatic rings. The van der Waals surface area contributed by atoms with Gasteiger partial charge in [0.05, 0.1) is 51.5 Å². The summed E-state index contributed by atoms with van der Waals surface area (Å²) in [6.07, 6.45) is 0. The zero-order chi connectivity index (χ0) is 32.9. The van der Waals surface area contributed by atoms with Crippen LogP contribution in [0.3, 0.4) is 0 Å². The smallest absolute Gasteiger partial charge is 0.334 e. The van der Waals surface area contributed by atoms with Crippen LogP contribution in [0.2, 0.25) is 0 Å². The summed E-state index contributed by atoms with van der Waals surface area (Å²) in [6.45, 7) is 7.69. The predicted octanol–water partition coefficient (Wildman–Crippen LogP) is 3.56. The fourth-order valence-corrected chi connectivity index (χ4v) is 8.19. The number of nitrogens with zero attached hydrogens (tertiary/aromatic N) is 4. The molecule has 232 valence electrons. The van der Waals surface area contributed by atoms with Crippen LogP contribution in [-0.2, 0) is 28.7 Å². The average Bonchev–Trinajstić information content (AvgIpc) is 3.39. The number of aryl methyl sites for hydroxylation is 2. The lowest BCUT2D eigenvalue weighted by atomic mass is 9.43. The molecule has 2 bridgehead atoms. The first-order valence-corrected chi connectivity index (χ1v) is 14.3. The topological polar surface area (TPSA) is 187 Å². The monoisotopic (exact) mass is 616 g/mol. The molecule has 0 spiro atoms. The fourth-order valence-electron chi connectivity index (χ4n) is 8.19. The minimum Gasteiger partial charge on any atom is -0.463 e. The van der Waals surface area contributed by atoms with E-state index < -0.39 is 74.4 Å². The number of benzene rings is 2. The number of esters is 1. The van der Waals surface area contributed by atoms with Gasteiger partial charge in [-0.1, -0.05) is 24.6 Å². The maximum Gasteiger partial charge on any atom is 0.334 e. The number of hydrogen-bond acceptors (Lipinski definition) is 10. The molecule has 3 fully saturated rings. The molecule has 2 saturated heterocycles. The highest BCUT2D eigenvalue weighted by Crippen LogP contribution is 2.69. The Morgan fingerprint density at radius 2 is 1.20 bits per heavy atom. The molecule has 0 N–H and O–H groups in total. The summed E-state index contributed by atoms with van der Waals surface area (Å²) in [7, 11) is 0. The van der Waals surface area contributed by atoms with E-state index in [9.17, 15) is 44.2 Å². The van der Waals surface area contributed by atoms with Gasteiger partial charge in [-0.2, -0.15) is 0 Å². The van der Waals surface area contributed by atoms with Gasteiger partial charge < -0.3 is 4.74 Å². The van der Waals surface area contributed by atoms with Crippen LogP contribution in [0.5, 0.6) is 0 Å². The zero-order valence-electron chi connectivity index (χ0n) is 24.9. The highest BCUT2D eigenvalue weighted by atomic mass is 16.6. The molecule has 0 radical (unpaired) electrons. The van der Waals surface area contributed by atoms with Crippen molar-refractivity contribution in [2.75, 3.05) is 16.4 Å². The third kappa shape index (κ3) is 3.77. The second-order valence-electron chi connectivity index (χ2n) is 12.1. The molecule has 2 aromatic carbocycles. The number of amides is 4. The van der Waals surface area contributed by atoms with Gasteiger partial charge in [0.2, 0.25) is 23.6 Å². The van der Waals surface area contributed by atoms with Gasteiger partial charge in [-0.25, -0.2) is 14.6 Å². The summed E-state index contributed by atoms with van der Waals surface area (Å²) in [4.78, 5) is 94.3. The molecular formula is C31H28N4O10. The number of imide groups is 2. The molecule has 2 aromatic rings. The number of nitro groups is 2. The van der Waals surface area contributed by atoms with Crippen molar-refractivity contribution in [1.29, 1.82) is 0 Å². The van der Waals surface area contributed by atoms with Gasteiger partial charge >= 0.3 is 5.97 Å². The Morgan fingerprint density at radius 3 is 1.58 bits per heavy atom. The molecule has 0 aromatic heterocycles. The van der Waals surface area contributed by atoms with Gasteiger partial charge in [0.15, 0.2) is 0 Å². The molecule has 3 aliphatic carbocycles. The SMILES string of the molecule is CCOC(=O)C1=C(C)C2[C@@H]3C(=O)N(c4ccc(C)c([N+](=O)[O-])c4)C(=O)[C@@H]3C1(C)[C@H]1C(=O)N(c3ccc(C)c([N+](=O)[O-])c3)C(=O)[C@@H]21. The summed E-state index contributed by atoms with van der Waals surface area (Å²) in [5, 5.41) is 23.3. The highest BCUT2D eigenvalue weighted by molar-refractivity contribution is 6.27. The van der Waals surface area contributed by atoms with Crippen molar-refractivity contribution in [3.05, 3.63) is 78.9 Å². The van der Waals surface area contributed by atoms with Crippen LogP contribution in [0.25, 0.3) is 0 Å². The van der Waals surface area contributed by atoms with E-state index in [2.05, 4.69) is 0 Å². The van der Waals surface area contributed by atoms with Crippen LogP contribution in [0.1, 0.15) is 31.9 Å². The molecule has 4 amide bonds. The third-order valence-corrected chi connectivity index (χ3v) is 9.98. The normalized spacial score (nSPS) is 28.5. The van der Waals surface area contributed by atoms with Gasteiger partial charge in [-0.05, 0) is 39.8 Å². The summed E-state index contributed by atoms with van der Waals surface area (Å²) in [5.74, 6) is -9.64. The Bertz CT molecular complexity index is 1720. The second-order valence-corrected chi connectivity index (χ2v) is 12.1. The van der Waals surface area contributed by atoms with Crippen molar-refractivity contribution >= 4 is 52.3 Å². The van der Waals surface area contributed by atoms with Gasteiger partial charge in [-0.15, -0.1) is 0 Å². The minimum absolute atomic E-state index is 0.0172. The Balaban J connectivity index is 1.53. The lowest BCUT2D eigenvalue weighted by Gasteiger charge is -2.55. The van der Waals surface area contributed by atoms with Crippen LogP contribution in [0.15, 0.2) is 47.5 Å². The van der Waals surface area contributed by atoms with Crippen LogP contribution in [0, 0.1) is 69.1 Å². The van der Waals surface area contributed by atoms with E-state index in [1.165, 1.54) is 45.0 Å². The predicted molar refractivity (Wildman–Crippen MR) is 156 cm³/mol. The van der Waals surface area contributed by atoms with E-state index in [0.29, 0.717) is 16.7 Å². The fraction of sp³-hybridized carbons (Fsp3) is 0.387. The largest absolute Gasteiger partial charge is 0.463 e. The Morgan fingerprint density at radius 1 is 0.778 bits per heavy atom. The van der Waals surface area contributed by atoms with Crippen LogP contribution in [0.4, 0.5) is 22.7 Å². The van der Waals surface area contributed by atoms with Crippen molar-refractivity contribution in [3.63, 3.8) is 0 Å². The quantitative estimate of drug-likeness (QED) is 0.201. The van der Waals surface area contributed by atoms with Crippen molar-refractivity contribution in [1.82, 2.24) is 0 Å². The lowest BCUT2D eigenvalue weighted by Crippen LogP contribution is -2.61. The highest BCUT2D eigenvalue weighted by Gasteiger charge is 2.77. The van der Waals surface area contributed by atoms with E-state index in [-0.39, 0.29) is 34.9 Å². The third-order valence-electron chi connectivity index (χ3n) is 9.98. The van der Waals surface area contributed by atoms with E-state index in [4.69, 9.17) is 4.74 Å². The molecule has 14 heteroatoms. The van der Waals surface area contributed by atoms with E-state index in [0.717, 1.165) is 21.9 Å². The van der Waals surface area contributed by atoms with E-state index in [1.54, 1.807) is 13.8 Å². The number of nitro benzene ring substituents is 2. The van der Waals surface area contributed by atoms with Crippen LogP contribution >= 0.6 is 0 Å². The lowest BCUT2D eigenvalue weighted by molar-refractivity contribution is -0.385. The summed E-state index contributed by atoms with van der Waals surface area (Å²) in [5.41, 5.74) is -1.36. The summed E-state index contributed by atoms with van der Waals surface area (Å²) < 4.78 is 5.36. The van der Waals surface area contributed by atoms with E-state index >= 15 is 0 Å². The number of allylic oxidation sites excluding steroid dienone is 1. The molecule has 7 rings (SSSR count).